The summed E-state index contributed by atoms with van der Waals surface area (Å²) in [5.74, 6) is -1.61. The molecule has 15 heteroatoms. The highest BCUT2D eigenvalue weighted by Crippen LogP contribution is 2.24. The maximum atomic E-state index is 13.4. The zero-order valence-electron chi connectivity index (χ0n) is 26.4. The van der Waals surface area contributed by atoms with Gasteiger partial charge in [0.25, 0.3) is 23.6 Å². The summed E-state index contributed by atoms with van der Waals surface area (Å²) in [6.45, 7) is 5.22. The van der Waals surface area contributed by atoms with Gasteiger partial charge in [0.15, 0.2) is 0 Å². The van der Waals surface area contributed by atoms with Crippen molar-refractivity contribution in [3.63, 3.8) is 0 Å². The lowest BCUT2D eigenvalue weighted by Gasteiger charge is -2.12. The van der Waals surface area contributed by atoms with Gasteiger partial charge in [0.2, 0.25) is 0 Å². The van der Waals surface area contributed by atoms with E-state index in [0.717, 1.165) is 13.0 Å². The van der Waals surface area contributed by atoms with Crippen LogP contribution in [0, 0.1) is 0 Å². The summed E-state index contributed by atoms with van der Waals surface area (Å²) < 4.78 is 4.96. The topological polar surface area (TPSA) is 147 Å². The second kappa shape index (κ2) is 14.7. The van der Waals surface area contributed by atoms with E-state index in [2.05, 4.69) is 26.3 Å². The van der Waals surface area contributed by atoms with Crippen LogP contribution < -0.4 is 21.3 Å². The third-order valence-electron chi connectivity index (χ3n) is 6.99. The van der Waals surface area contributed by atoms with Gasteiger partial charge >= 0.3 is 0 Å². The van der Waals surface area contributed by atoms with Crippen molar-refractivity contribution in [1.29, 1.82) is 0 Å². The largest absolute Gasteiger partial charge is 0.351 e. The zero-order valence-corrected chi connectivity index (χ0v) is 28.0. The molecule has 0 aliphatic rings. The van der Waals surface area contributed by atoms with Crippen molar-refractivity contribution in [3.05, 3.63) is 81.9 Å². The molecule has 0 bridgehead atoms. The second-order valence-electron chi connectivity index (χ2n) is 11.3. The quantitative estimate of drug-likeness (QED) is 0.125. The smallest absolute Gasteiger partial charge is 0.274 e. The number of aryl methyl sites for hydroxylation is 2. The molecular formula is C31H37Cl2N9O4. The number of halogens is 2. The Morgan fingerprint density at radius 1 is 0.783 bits per heavy atom. The molecule has 4 aromatic heterocycles. The van der Waals surface area contributed by atoms with Crippen LogP contribution in [0.2, 0.25) is 10.2 Å². The molecule has 4 N–H and O–H groups in total. The van der Waals surface area contributed by atoms with Gasteiger partial charge in [-0.15, -0.1) is 0 Å². The number of nitrogens with zero attached hydrogens (tertiary/aromatic N) is 5. The van der Waals surface area contributed by atoms with Crippen molar-refractivity contribution in [2.45, 2.75) is 26.3 Å². The van der Waals surface area contributed by atoms with Crippen LogP contribution in [0.1, 0.15) is 68.3 Å². The monoisotopic (exact) mass is 669 g/mol. The fourth-order valence-corrected chi connectivity index (χ4v) is 4.95. The van der Waals surface area contributed by atoms with E-state index >= 15 is 0 Å². The first-order valence-electron chi connectivity index (χ1n) is 14.5. The van der Waals surface area contributed by atoms with Crippen LogP contribution in [0.3, 0.4) is 0 Å². The van der Waals surface area contributed by atoms with Crippen molar-refractivity contribution >= 4 is 63.9 Å². The third-order valence-corrected chi connectivity index (χ3v) is 7.68. The Hall–Kier alpha value is -4.59. The van der Waals surface area contributed by atoms with Gasteiger partial charge in [-0.05, 0) is 71.2 Å². The van der Waals surface area contributed by atoms with Gasteiger partial charge < -0.3 is 39.9 Å². The molecule has 0 aliphatic heterocycles. The van der Waals surface area contributed by atoms with Crippen LogP contribution in [0.15, 0.2) is 48.9 Å². The second-order valence-corrected chi connectivity index (χ2v) is 12.1. The van der Waals surface area contributed by atoms with Gasteiger partial charge in [-0.1, -0.05) is 23.2 Å². The van der Waals surface area contributed by atoms with Gasteiger partial charge in [0.1, 0.15) is 27.9 Å². The molecular weight excluding hydrogens is 633 g/mol. The Morgan fingerprint density at radius 2 is 1.30 bits per heavy atom. The Kier molecular flexibility index (Phi) is 10.9. The highest BCUT2D eigenvalue weighted by molar-refractivity contribution is 6.41. The molecule has 0 atom stereocenters. The van der Waals surface area contributed by atoms with Gasteiger partial charge in [-0.2, -0.15) is 0 Å². The van der Waals surface area contributed by atoms with Gasteiger partial charge in [-0.3, -0.25) is 19.2 Å². The molecule has 4 rings (SSSR count). The number of carbonyl (C=O) groups is 4. The lowest BCUT2D eigenvalue weighted by Crippen LogP contribution is -2.28. The summed E-state index contributed by atoms with van der Waals surface area (Å²) in [4.78, 5) is 57.9. The Labute approximate surface area is 276 Å². The number of carbonyl (C=O) groups excluding carboxylic acids is 4. The Bertz CT molecular complexity index is 1770. The first kappa shape index (κ1) is 34.3. The number of aromatic nitrogens is 4. The predicted octanol–water partition coefficient (Wildman–Crippen LogP) is 4.89. The SMILES string of the molecule is CC(C)n1cc(NC(=O)c2cc(NC(=O)c3ccc(Cl)c(Cl)n3)cn2C)cc1C(=O)Nc1cc(C(=O)NCCCN(C)C)n(C)c1. The minimum absolute atomic E-state index is 0.00593. The van der Waals surface area contributed by atoms with Crippen molar-refractivity contribution < 1.29 is 19.2 Å². The van der Waals surface area contributed by atoms with Crippen molar-refractivity contribution in [2.24, 2.45) is 14.1 Å². The van der Waals surface area contributed by atoms with Crippen LogP contribution in [0.4, 0.5) is 17.1 Å². The zero-order chi connectivity index (χ0) is 33.7. The van der Waals surface area contributed by atoms with Crippen molar-refractivity contribution in [2.75, 3.05) is 43.1 Å². The number of amides is 4. The molecule has 4 heterocycles. The van der Waals surface area contributed by atoms with E-state index in [0.29, 0.717) is 35.0 Å². The van der Waals surface area contributed by atoms with E-state index in [9.17, 15) is 19.2 Å². The van der Waals surface area contributed by atoms with E-state index in [1.54, 1.807) is 58.5 Å². The molecule has 0 aromatic carbocycles. The molecule has 0 radical (unpaired) electrons. The van der Waals surface area contributed by atoms with E-state index in [-0.39, 0.29) is 33.5 Å². The molecule has 244 valence electrons. The molecule has 0 unspecified atom stereocenters. The van der Waals surface area contributed by atoms with E-state index in [1.807, 2.05) is 32.8 Å². The lowest BCUT2D eigenvalue weighted by molar-refractivity contribution is 0.0942. The minimum atomic E-state index is -0.521. The Morgan fingerprint density at radius 3 is 1.87 bits per heavy atom. The first-order valence-corrected chi connectivity index (χ1v) is 15.2. The fraction of sp³-hybridized carbons (Fsp3) is 0.323. The van der Waals surface area contributed by atoms with Crippen LogP contribution in [-0.2, 0) is 14.1 Å². The molecule has 46 heavy (non-hydrogen) atoms. The number of nitrogens with one attached hydrogen (secondary N) is 4. The summed E-state index contributed by atoms with van der Waals surface area (Å²) in [5.41, 5.74) is 2.29. The number of hydrogen-bond acceptors (Lipinski definition) is 6. The van der Waals surface area contributed by atoms with E-state index in [4.69, 9.17) is 23.2 Å². The molecule has 0 spiro atoms. The standard InChI is InChI=1S/C31H37Cl2N9O4/c1-18(2)42-17-21(14-26(42)31(46)36-20-12-24(40(5)16-20)29(44)34-10-7-11-39(3)4)37-30(45)25-13-19(15-41(25)6)35-28(43)23-9-8-22(32)27(33)38-23/h8-9,12-18H,7,10-11H2,1-6H3,(H,34,44)(H,35,43)(H,36,46)(H,37,45). The van der Waals surface area contributed by atoms with Crippen LogP contribution >= 0.6 is 23.2 Å². The highest BCUT2D eigenvalue weighted by atomic mass is 35.5. The summed E-state index contributed by atoms with van der Waals surface area (Å²) in [5, 5.41) is 11.5. The number of anilines is 3. The average Bonchev–Trinajstić information content (AvgIpc) is 3.68. The highest BCUT2D eigenvalue weighted by Gasteiger charge is 2.21. The van der Waals surface area contributed by atoms with Crippen LogP contribution in [0.25, 0.3) is 0 Å². The molecule has 0 saturated carbocycles. The maximum Gasteiger partial charge on any atom is 0.274 e. The van der Waals surface area contributed by atoms with Gasteiger partial charge in [-0.25, -0.2) is 4.98 Å². The fourth-order valence-electron chi connectivity index (χ4n) is 4.69. The molecule has 4 amide bonds. The predicted molar refractivity (Wildman–Crippen MR) is 179 cm³/mol. The van der Waals surface area contributed by atoms with E-state index in [1.165, 1.54) is 18.2 Å². The lowest BCUT2D eigenvalue weighted by atomic mass is 10.3. The van der Waals surface area contributed by atoms with E-state index < -0.39 is 17.7 Å². The summed E-state index contributed by atoms with van der Waals surface area (Å²) >= 11 is 11.8. The number of pyridine rings is 1. The van der Waals surface area contributed by atoms with Gasteiger partial charge in [0, 0.05) is 45.3 Å². The molecule has 4 aromatic rings. The van der Waals surface area contributed by atoms with Gasteiger partial charge in [0.05, 0.1) is 22.1 Å². The summed E-state index contributed by atoms with van der Waals surface area (Å²) in [7, 11) is 7.35. The first-order chi connectivity index (χ1) is 21.7. The molecule has 0 saturated heterocycles. The Balaban J connectivity index is 1.43. The number of hydrogen-bond donors (Lipinski definition) is 4. The maximum absolute atomic E-state index is 13.4. The number of rotatable bonds is 12. The third kappa shape index (κ3) is 8.36. The normalized spacial score (nSPS) is 11.2. The average molecular weight is 671 g/mol. The summed E-state index contributed by atoms with van der Waals surface area (Å²) in [6.07, 6.45) is 5.75. The van der Waals surface area contributed by atoms with Crippen molar-refractivity contribution in [3.8, 4) is 0 Å². The minimum Gasteiger partial charge on any atom is -0.351 e. The molecule has 0 fully saturated rings. The van der Waals surface area contributed by atoms with Crippen LogP contribution in [0.5, 0.6) is 0 Å². The summed E-state index contributed by atoms with van der Waals surface area (Å²) in [6, 6.07) is 7.53. The van der Waals surface area contributed by atoms with Crippen molar-refractivity contribution in [1.82, 2.24) is 28.9 Å². The van der Waals surface area contributed by atoms with Crippen LogP contribution in [-0.4, -0.2) is 74.4 Å². The molecule has 0 aliphatic carbocycles. The molecule has 13 nitrogen and oxygen atoms in total.